The summed E-state index contributed by atoms with van der Waals surface area (Å²) >= 11 is 0.988. The van der Waals surface area contributed by atoms with Crippen LogP contribution in [-0.2, 0) is 10.0 Å². The minimum Gasteiger partial charge on any atom is -0.451 e. The number of aromatic nitrogens is 2. The van der Waals surface area contributed by atoms with Gasteiger partial charge in [0.2, 0.25) is 10.0 Å². The molecule has 2 aromatic heterocycles. The zero-order valence-electron chi connectivity index (χ0n) is 16.1. The van der Waals surface area contributed by atoms with Crippen LogP contribution in [0, 0.1) is 6.92 Å². The van der Waals surface area contributed by atoms with Crippen LogP contribution in [0.5, 0.6) is 0 Å². The summed E-state index contributed by atoms with van der Waals surface area (Å²) in [7, 11) is -3.72. The highest BCUT2D eigenvalue weighted by atomic mass is 32.2. The number of para-hydroxylation sites is 1. The van der Waals surface area contributed by atoms with Crippen LogP contribution in [0.2, 0.25) is 0 Å². The first-order valence-corrected chi connectivity index (χ1v) is 11.6. The molecule has 5 rings (SSSR count). The van der Waals surface area contributed by atoms with Crippen LogP contribution in [0.4, 0.5) is 0 Å². The number of benzene rings is 2. The molecule has 0 N–H and O–H groups in total. The number of aryl methyl sites for hydroxylation is 1. The van der Waals surface area contributed by atoms with Gasteiger partial charge in [0.25, 0.3) is 5.91 Å². The summed E-state index contributed by atoms with van der Waals surface area (Å²) in [6.07, 6.45) is 0. The Bertz CT molecular complexity index is 1370. The van der Waals surface area contributed by atoms with E-state index in [4.69, 9.17) is 4.42 Å². The van der Waals surface area contributed by atoms with Crippen molar-refractivity contribution in [2.45, 2.75) is 11.8 Å². The number of rotatable bonds is 3. The molecule has 0 spiro atoms. The maximum absolute atomic E-state index is 13.2. The Labute approximate surface area is 177 Å². The molecule has 154 valence electrons. The average Bonchev–Trinajstić information content (AvgIpc) is 3.38. The fourth-order valence-electron chi connectivity index (χ4n) is 3.78. The SMILES string of the molecule is Cc1c(C(=O)N2CCN(S(=O)(=O)c3cccc4nsnc34)CC2)oc2ccccc12. The molecule has 1 amide bonds. The van der Waals surface area contributed by atoms with Crippen molar-refractivity contribution < 1.29 is 17.6 Å². The molecule has 8 nitrogen and oxygen atoms in total. The summed E-state index contributed by atoms with van der Waals surface area (Å²) in [6, 6.07) is 12.5. The van der Waals surface area contributed by atoms with Gasteiger partial charge in [-0.2, -0.15) is 13.1 Å². The topological polar surface area (TPSA) is 96.6 Å². The minimum absolute atomic E-state index is 0.154. The monoisotopic (exact) mass is 442 g/mol. The number of nitrogens with zero attached hydrogens (tertiary/aromatic N) is 4. The molecule has 4 aromatic rings. The maximum Gasteiger partial charge on any atom is 0.289 e. The molecule has 30 heavy (non-hydrogen) atoms. The third-order valence-corrected chi connectivity index (χ3v) is 7.90. The van der Waals surface area contributed by atoms with Crippen LogP contribution >= 0.6 is 11.7 Å². The highest BCUT2D eigenvalue weighted by molar-refractivity contribution is 7.89. The fourth-order valence-corrected chi connectivity index (χ4v) is 5.96. The zero-order chi connectivity index (χ0) is 20.9. The Morgan fingerprint density at radius 3 is 2.57 bits per heavy atom. The van der Waals surface area contributed by atoms with Gasteiger partial charge in [0, 0.05) is 37.1 Å². The standard InChI is InChI=1S/C20H18N4O4S2/c1-13-14-5-2-3-7-16(14)28-19(13)20(25)23-9-11-24(12-10-23)30(26,27)17-8-4-6-15-18(17)22-29-21-15/h2-8H,9-12H2,1H3. The second-order valence-electron chi connectivity index (χ2n) is 7.14. The highest BCUT2D eigenvalue weighted by Gasteiger charge is 2.33. The summed E-state index contributed by atoms with van der Waals surface area (Å²) in [5.41, 5.74) is 2.42. The van der Waals surface area contributed by atoms with E-state index in [1.807, 2.05) is 31.2 Å². The third kappa shape index (κ3) is 2.99. The molecule has 0 atom stereocenters. The molecule has 1 saturated heterocycles. The maximum atomic E-state index is 13.2. The molecule has 2 aromatic carbocycles. The van der Waals surface area contributed by atoms with E-state index in [0.29, 0.717) is 35.5 Å². The average molecular weight is 443 g/mol. The molecule has 10 heteroatoms. The Morgan fingerprint density at radius 1 is 1.03 bits per heavy atom. The number of furan rings is 1. The predicted molar refractivity (Wildman–Crippen MR) is 113 cm³/mol. The van der Waals surface area contributed by atoms with Crippen LogP contribution in [0.1, 0.15) is 16.1 Å². The molecular weight excluding hydrogens is 424 g/mol. The van der Waals surface area contributed by atoms with E-state index in [1.54, 1.807) is 23.1 Å². The second kappa shape index (κ2) is 7.15. The van der Waals surface area contributed by atoms with Crippen LogP contribution in [0.15, 0.2) is 51.8 Å². The Hall–Kier alpha value is -2.82. The van der Waals surface area contributed by atoms with Crippen molar-refractivity contribution >= 4 is 49.7 Å². The van der Waals surface area contributed by atoms with Crippen molar-refractivity contribution in [3.8, 4) is 0 Å². The Morgan fingerprint density at radius 2 is 1.80 bits per heavy atom. The first-order valence-electron chi connectivity index (χ1n) is 9.45. The van der Waals surface area contributed by atoms with Crippen LogP contribution in [0.3, 0.4) is 0 Å². The van der Waals surface area contributed by atoms with E-state index in [1.165, 1.54) is 4.31 Å². The molecule has 0 bridgehead atoms. The van der Waals surface area contributed by atoms with Crippen molar-refractivity contribution in [3.05, 3.63) is 53.8 Å². The molecule has 0 radical (unpaired) electrons. The molecule has 0 aliphatic carbocycles. The number of piperazine rings is 1. The van der Waals surface area contributed by atoms with Gasteiger partial charge in [0.15, 0.2) is 5.76 Å². The van der Waals surface area contributed by atoms with Crippen molar-refractivity contribution in [1.82, 2.24) is 18.0 Å². The Balaban J connectivity index is 1.36. The molecular formula is C20H18N4O4S2. The molecule has 1 aliphatic heterocycles. The van der Waals surface area contributed by atoms with Gasteiger partial charge in [0.1, 0.15) is 21.5 Å². The molecule has 1 fully saturated rings. The van der Waals surface area contributed by atoms with Gasteiger partial charge < -0.3 is 9.32 Å². The number of fused-ring (bicyclic) bond motifs is 2. The molecule has 0 unspecified atom stereocenters. The largest absolute Gasteiger partial charge is 0.451 e. The van der Waals surface area contributed by atoms with E-state index < -0.39 is 10.0 Å². The Kier molecular flexibility index (Phi) is 4.57. The van der Waals surface area contributed by atoms with Gasteiger partial charge in [-0.05, 0) is 25.1 Å². The summed E-state index contributed by atoms with van der Waals surface area (Å²) in [4.78, 5) is 14.8. The number of hydrogen-bond acceptors (Lipinski definition) is 7. The lowest BCUT2D eigenvalue weighted by Gasteiger charge is -2.33. The van der Waals surface area contributed by atoms with Crippen LogP contribution < -0.4 is 0 Å². The minimum atomic E-state index is -3.72. The lowest BCUT2D eigenvalue weighted by molar-refractivity contribution is 0.0667. The number of carbonyl (C=O) groups is 1. The van der Waals surface area contributed by atoms with Crippen LogP contribution in [0.25, 0.3) is 22.0 Å². The van der Waals surface area contributed by atoms with Crippen LogP contribution in [-0.4, -0.2) is 58.5 Å². The summed E-state index contributed by atoms with van der Waals surface area (Å²) in [5.74, 6) is 0.0948. The zero-order valence-corrected chi connectivity index (χ0v) is 17.7. The van der Waals surface area contributed by atoms with Gasteiger partial charge in [-0.3, -0.25) is 4.79 Å². The number of carbonyl (C=O) groups excluding carboxylic acids is 1. The predicted octanol–water partition coefficient (Wildman–Crippen LogP) is 2.89. The summed E-state index contributed by atoms with van der Waals surface area (Å²) in [5, 5.41) is 0.909. The van der Waals surface area contributed by atoms with Crippen molar-refractivity contribution in [2.24, 2.45) is 0 Å². The van der Waals surface area contributed by atoms with Gasteiger partial charge in [-0.25, -0.2) is 8.42 Å². The van der Waals surface area contributed by atoms with E-state index in [9.17, 15) is 13.2 Å². The highest BCUT2D eigenvalue weighted by Crippen LogP contribution is 2.28. The van der Waals surface area contributed by atoms with E-state index in [-0.39, 0.29) is 23.9 Å². The normalized spacial score (nSPS) is 15.8. The smallest absolute Gasteiger partial charge is 0.289 e. The van der Waals surface area contributed by atoms with Crippen molar-refractivity contribution in [3.63, 3.8) is 0 Å². The first kappa shape index (κ1) is 19.2. The van der Waals surface area contributed by atoms with E-state index in [2.05, 4.69) is 8.75 Å². The second-order valence-corrected chi connectivity index (χ2v) is 9.57. The molecule has 0 saturated carbocycles. The molecule has 1 aliphatic rings. The van der Waals surface area contributed by atoms with Gasteiger partial charge in [-0.15, -0.1) is 0 Å². The lowest BCUT2D eigenvalue weighted by Crippen LogP contribution is -2.50. The van der Waals surface area contributed by atoms with Gasteiger partial charge >= 0.3 is 0 Å². The lowest BCUT2D eigenvalue weighted by atomic mass is 10.1. The number of sulfonamides is 1. The summed E-state index contributed by atoms with van der Waals surface area (Å²) in [6.45, 7) is 2.87. The number of hydrogen-bond donors (Lipinski definition) is 0. The van der Waals surface area contributed by atoms with Crippen molar-refractivity contribution in [1.29, 1.82) is 0 Å². The number of amides is 1. The fraction of sp³-hybridized carbons (Fsp3) is 0.250. The van der Waals surface area contributed by atoms with E-state index in [0.717, 1.165) is 22.7 Å². The summed E-state index contributed by atoms with van der Waals surface area (Å²) < 4.78 is 41.8. The third-order valence-electron chi connectivity index (χ3n) is 5.43. The van der Waals surface area contributed by atoms with E-state index >= 15 is 0 Å². The molecule has 3 heterocycles. The van der Waals surface area contributed by atoms with Gasteiger partial charge in [-0.1, -0.05) is 24.3 Å². The quantitative estimate of drug-likeness (QED) is 0.484. The first-order chi connectivity index (χ1) is 14.5. The van der Waals surface area contributed by atoms with Gasteiger partial charge in [0.05, 0.1) is 11.7 Å². The van der Waals surface area contributed by atoms with Crippen molar-refractivity contribution in [2.75, 3.05) is 26.2 Å².